The largest absolute Gasteiger partial charge is 0.477 e. The van der Waals surface area contributed by atoms with Crippen LogP contribution < -0.4 is 20.3 Å². The van der Waals surface area contributed by atoms with Crippen LogP contribution in [0.5, 0.6) is 5.75 Å². The smallest absolute Gasteiger partial charge is 0.262 e. The van der Waals surface area contributed by atoms with Crippen molar-refractivity contribution in [3.8, 4) is 5.75 Å². The number of aryl methyl sites for hydroxylation is 1. The lowest BCUT2D eigenvalue weighted by atomic mass is 10.1. The van der Waals surface area contributed by atoms with E-state index in [4.69, 9.17) is 4.74 Å². The first kappa shape index (κ1) is 19.7. The fourth-order valence-corrected chi connectivity index (χ4v) is 3.26. The fraction of sp³-hybridized carbons (Fsp3) is 0.364. The second-order valence-electron chi connectivity index (χ2n) is 6.92. The number of carbonyl (C=O) groups is 2. The summed E-state index contributed by atoms with van der Waals surface area (Å²) in [7, 11) is 1.58. The highest BCUT2D eigenvalue weighted by atomic mass is 16.5. The number of para-hydroxylation sites is 2. The molecule has 148 valence electrons. The molecule has 0 unspecified atom stereocenters. The van der Waals surface area contributed by atoms with Gasteiger partial charge in [-0.25, -0.2) is 0 Å². The molecule has 0 aromatic heterocycles. The Morgan fingerprint density at radius 3 is 2.61 bits per heavy atom. The molecule has 0 aliphatic carbocycles. The topological polar surface area (TPSA) is 70.7 Å². The highest BCUT2D eigenvalue weighted by Gasteiger charge is 2.30. The van der Waals surface area contributed by atoms with Crippen LogP contribution in [0.3, 0.4) is 0 Å². The van der Waals surface area contributed by atoms with Crippen LogP contribution in [0.25, 0.3) is 0 Å². The van der Waals surface area contributed by atoms with Gasteiger partial charge in [-0.15, -0.1) is 0 Å². The van der Waals surface area contributed by atoms with Gasteiger partial charge in [-0.05, 0) is 42.7 Å². The van der Waals surface area contributed by atoms with E-state index in [1.54, 1.807) is 7.05 Å². The van der Waals surface area contributed by atoms with Gasteiger partial charge >= 0.3 is 0 Å². The number of nitrogens with one attached hydrogen (secondary N) is 2. The predicted molar refractivity (Wildman–Crippen MR) is 111 cm³/mol. The molecule has 6 nitrogen and oxygen atoms in total. The summed E-state index contributed by atoms with van der Waals surface area (Å²) in [5.41, 5.74) is 2.86. The first-order chi connectivity index (χ1) is 13.6. The normalized spacial score (nSPS) is 15.4. The Morgan fingerprint density at radius 2 is 1.89 bits per heavy atom. The minimum atomic E-state index is -0.648. The first-order valence-electron chi connectivity index (χ1n) is 9.71. The van der Waals surface area contributed by atoms with E-state index < -0.39 is 6.10 Å². The predicted octanol–water partition coefficient (Wildman–Crippen LogP) is 2.98. The van der Waals surface area contributed by atoms with E-state index in [0.717, 1.165) is 30.6 Å². The van der Waals surface area contributed by atoms with Crippen LogP contribution in [0.1, 0.15) is 25.3 Å². The molecule has 0 radical (unpaired) electrons. The van der Waals surface area contributed by atoms with E-state index in [9.17, 15) is 9.59 Å². The molecule has 0 saturated carbocycles. The maximum absolute atomic E-state index is 12.6. The minimum Gasteiger partial charge on any atom is -0.477 e. The number of hydrogen-bond donors (Lipinski definition) is 2. The molecular formula is C22H27N3O3. The van der Waals surface area contributed by atoms with Gasteiger partial charge in [-0.3, -0.25) is 9.59 Å². The monoisotopic (exact) mass is 381 g/mol. The summed E-state index contributed by atoms with van der Waals surface area (Å²) in [6, 6.07) is 15.4. The highest BCUT2D eigenvalue weighted by Crippen LogP contribution is 2.32. The van der Waals surface area contributed by atoms with Gasteiger partial charge in [0, 0.05) is 12.7 Å². The van der Waals surface area contributed by atoms with Crippen LogP contribution in [-0.2, 0) is 16.0 Å². The van der Waals surface area contributed by atoms with Crippen molar-refractivity contribution < 1.29 is 14.3 Å². The van der Waals surface area contributed by atoms with Crippen LogP contribution >= 0.6 is 0 Å². The number of amides is 2. The summed E-state index contributed by atoms with van der Waals surface area (Å²) < 4.78 is 5.77. The summed E-state index contributed by atoms with van der Waals surface area (Å²) in [5.74, 6) is 0.270. The fourth-order valence-electron chi connectivity index (χ4n) is 3.26. The lowest BCUT2D eigenvalue weighted by Gasteiger charge is -2.34. The third-order valence-corrected chi connectivity index (χ3v) is 4.79. The second kappa shape index (κ2) is 9.26. The van der Waals surface area contributed by atoms with Crippen molar-refractivity contribution in [2.45, 2.75) is 32.3 Å². The summed E-state index contributed by atoms with van der Waals surface area (Å²) in [6.07, 6.45) is 2.73. The third-order valence-electron chi connectivity index (χ3n) is 4.79. The Hall–Kier alpha value is -3.02. The quantitative estimate of drug-likeness (QED) is 0.774. The van der Waals surface area contributed by atoms with Gasteiger partial charge in [-0.1, -0.05) is 37.6 Å². The van der Waals surface area contributed by atoms with Crippen LogP contribution in [-0.4, -0.2) is 38.1 Å². The zero-order chi connectivity index (χ0) is 19.9. The van der Waals surface area contributed by atoms with Crippen molar-refractivity contribution in [1.82, 2.24) is 5.32 Å². The van der Waals surface area contributed by atoms with Crippen molar-refractivity contribution >= 4 is 23.2 Å². The SMILES string of the molecule is CCCCc1ccc(NC(=O)CN2C[C@@H](C(=O)NC)Oc3ccccc32)cc1. The van der Waals surface area contributed by atoms with Crippen LogP contribution in [0.2, 0.25) is 0 Å². The molecule has 1 heterocycles. The molecule has 0 bridgehead atoms. The number of likely N-dealkylation sites (N-methyl/N-ethyl adjacent to an activating group) is 1. The van der Waals surface area contributed by atoms with Crippen LogP contribution in [0, 0.1) is 0 Å². The summed E-state index contributed by atoms with van der Waals surface area (Å²) >= 11 is 0. The molecule has 1 aliphatic rings. The van der Waals surface area contributed by atoms with Crippen molar-refractivity contribution in [2.24, 2.45) is 0 Å². The third kappa shape index (κ3) is 4.82. The van der Waals surface area contributed by atoms with Gasteiger partial charge in [0.25, 0.3) is 5.91 Å². The number of rotatable bonds is 7. The van der Waals surface area contributed by atoms with Crippen molar-refractivity contribution in [3.05, 3.63) is 54.1 Å². The Balaban J connectivity index is 1.66. The van der Waals surface area contributed by atoms with Gasteiger partial charge in [0.2, 0.25) is 5.91 Å². The molecule has 3 rings (SSSR count). The molecule has 2 N–H and O–H groups in total. The molecule has 2 amide bonds. The van der Waals surface area contributed by atoms with Crippen LogP contribution in [0.15, 0.2) is 48.5 Å². The standard InChI is InChI=1S/C22H27N3O3/c1-3-4-7-16-10-12-17(13-11-16)24-21(26)15-25-14-20(22(27)23-2)28-19-9-6-5-8-18(19)25/h5-6,8-13,20H,3-4,7,14-15H2,1-2H3,(H,23,27)(H,24,26)/t20-/m0/s1. The van der Waals surface area contributed by atoms with Gasteiger partial charge in [0.15, 0.2) is 6.10 Å². The summed E-state index contributed by atoms with van der Waals surface area (Å²) in [4.78, 5) is 26.5. The van der Waals surface area contributed by atoms with Gasteiger partial charge in [-0.2, -0.15) is 0 Å². The average Bonchev–Trinajstić information content (AvgIpc) is 2.72. The first-order valence-corrected chi connectivity index (χ1v) is 9.71. The van der Waals surface area contributed by atoms with E-state index in [1.807, 2.05) is 41.3 Å². The number of anilines is 2. The van der Waals surface area contributed by atoms with Gasteiger partial charge < -0.3 is 20.3 Å². The zero-order valence-electron chi connectivity index (χ0n) is 16.4. The van der Waals surface area contributed by atoms with E-state index in [0.29, 0.717) is 12.3 Å². The Kier molecular flexibility index (Phi) is 6.53. The van der Waals surface area contributed by atoms with Crippen molar-refractivity contribution in [3.63, 3.8) is 0 Å². The lowest BCUT2D eigenvalue weighted by Crippen LogP contribution is -2.50. The van der Waals surface area contributed by atoms with Gasteiger partial charge in [0.05, 0.1) is 18.8 Å². The van der Waals surface area contributed by atoms with Gasteiger partial charge in [0.1, 0.15) is 5.75 Å². The molecule has 1 atom stereocenters. The number of hydrogen-bond acceptors (Lipinski definition) is 4. The molecule has 0 fully saturated rings. The highest BCUT2D eigenvalue weighted by molar-refractivity contribution is 5.95. The molecule has 2 aromatic rings. The Labute approximate surface area is 165 Å². The number of ether oxygens (including phenoxy) is 1. The second-order valence-corrected chi connectivity index (χ2v) is 6.92. The van der Waals surface area contributed by atoms with E-state index >= 15 is 0 Å². The van der Waals surface area contributed by atoms with Crippen LogP contribution in [0.4, 0.5) is 11.4 Å². The minimum absolute atomic E-state index is 0.131. The molecule has 0 saturated heterocycles. The molecule has 28 heavy (non-hydrogen) atoms. The van der Waals surface area contributed by atoms with E-state index in [1.165, 1.54) is 5.56 Å². The summed E-state index contributed by atoms with van der Waals surface area (Å²) in [5, 5.41) is 5.55. The number of benzene rings is 2. The number of carbonyl (C=O) groups excluding carboxylic acids is 2. The van der Waals surface area contributed by atoms with E-state index in [2.05, 4.69) is 29.7 Å². The molecule has 0 spiro atoms. The van der Waals surface area contributed by atoms with E-state index in [-0.39, 0.29) is 18.4 Å². The maximum Gasteiger partial charge on any atom is 0.262 e. The number of fused-ring (bicyclic) bond motifs is 1. The Morgan fingerprint density at radius 1 is 1.14 bits per heavy atom. The number of unbranched alkanes of at least 4 members (excludes halogenated alkanes) is 1. The molecule has 2 aromatic carbocycles. The number of nitrogens with zero attached hydrogens (tertiary/aromatic N) is 1. The summed E-state index contributed by atoms with van der Waals surface area (Å²) in [6.45, 7) is 2.64. The Bertz CT molecular complexity index is 820. The lowest BCUT2D eigenvalue weighted by molar-refractivity contribution is -0.127. The molecular weight excluding hydrogens is 354 g/mol. The molecule has 6 heteroatoms. The zero-order valence-corrected chi connectivity index (χ0v) is 16.4. The molecule has 1 aliphatic heterocycles. The average molecular weight is 381 g/mol. The van der Waals surface area contributed by atoms with Crippen molar-refractivity contribution in [2.75, 3.05) is 30.4 Å². The van der Waals surface area contributed by atoms with Crippen molar-refractivity contribution in [1.29, 1.82) is 0 Å². The maximum atomic E-state index is 12.6.